The van der Waals surface area contributed by atoms with Crippen LogP contribution >= 0.6 is 0 Å². The monoisotopic (exact) mass is 407 g/mol. The zero-order valence-corrected chi connectivity index (χ0v) is 15.9. The lowest BCUT2D eigenvalue weighted by atomic mass is 10.0. The van der Waals surface area contributed by atoms with Crippen molar-refractivity contribution in [3.8, 4) is 33.9 Å². The van der Waals surface area contributed by atoms with Gasteiger partial charge in [0.1, 0.15) is 5.82 Å². The van der Waals surface area contributed by atoms with E-state index >= 15 is 0 Å². The molecule has 0 aliphatic heterocycles. The van der Waals surface area contributed by atoms with Crippen molar-refractivity contribution in [2.75, 3.05) is 5.73 Å². The Morgan fingerprint density at radius 3 is 2.17 bits per heavy atom. The van der Waals surface area contributed by atoms with Crippen LogP contribution in [0.3, 0.4) is 0 Å². The lowest BCUT2D eigenvalue weighted by molar-refractivity contribution is -0.137. The standard InChI is InChI=1S/C22H16F3N5/c1-13-10-16(14-2-5-17(6-3-14)22(23,24)25)11-19(29-13)18-8-9-27-21(30-18)15-4-7-20(26)28-12-15/h2-12H,1H3,(H2,26,28). The van der Waals surface area contributed by atoms with Gasteiger partial charge in [0.15, 0.2) is 5.82 Å². The van der Waals surface area contributed by atoms with Crippen molar-refractivity contribution in [1.82, 2.24) is 19.9 Å². The van der Waals surface area contributed by atoms with Gasteiger partial charge in [-0.1, -0.05) is 12.1 Å². The van der Waals surface area contributed by atoms with Crippen molar-refractivity contribution in [2.24, 2.45) is 0 Å². The molecule has 4 aromatic rings. The molecule has 0 spiro atoms. The fourth-order valence-corrected chi connectivity index (χ4v) is 3.00. The van der Waals surface area contributed by atoms with Gasteiger partial charge in [-0.25, -0.2) is 15.0 Å². The molecule has 0 aliphatic rings. The summed E-state index contributed by atoms with van der Waals surface area (Å²) in [5.41, 5.74) is 8.96. The minimum Gasteiger partial charge on any atom is -0.384 e. The third kappa shape index (κ3) is 4.12. The Bertz CT molecular complexity index is 1190. The van der Waals surface area contributed by atoms with Gasteiger partial charge in [0.2, 0.25) is 0 Å². The highest BCUT2D eigenvalue weighted by Gasteiger charge is 2.30. The molecule has 0 amide bonds. The molecule has 5 nitrogen and oxygen atoms in total. The maximum atomic E-state index is 12.8. The minimum absolute atomic E-state index is 0.399. The van der Waals surface area contributed by atoms with Crippen LogP contribution in [0, 0.1) is 6.92 Å². The highest BCUT2D eigenvalue weighted by atomic mass is 19.4. The highest BCUT2D eigenvalue weighted by molar-refractivity contribution is 5.70. The van der Waals surface area contributed by atoms with E-state index in [1.807, 2.05) is 13.0 Å². The molecule has 0 bridgehead atoms. The van der Waals surface area contributed by atoms with Gasteiger partial charge in [-0.05, 0) is 60.5 Å². The number of benzene rings is 1. The van der Waals surface area contributed by atoms with Crippen LogP contribution in [0.25, 0.3) is 33.9 Å². The van der Waals surface area contributed by atoms with Crippen LogP contribution in [0.15, 0.2) is 67.0 Å². The number of aromatic nitrogens is 4. The third-order valence-electron chi connectivity index (χ3n) is 4.46. The van der Waals surface area contributed by atoms with Crippen molar-refractivity contribution < 1.29 is 13.2 Å². The number of hydrogen-bond acceptors (Lipinski definition) is 5. The first-order valence-corrected chi connectivity index (χ1v) is 9.01. The summed E-state index contributed by atoms with van der Waals surface area (Å²) in [4.78, 5) is 17.4. The molecule has 3 aromatic heterocycles. The Morgan fingerprint density at radius 1 is 0.767 bits per heavy atom. The maximum absolute atomic E-state index is 12.8. The molecular formula is C22H16F3N5. The van der Waals surface area contributed by atoms with E-state index < -0.39 is 11.7 Å². The second-order valence-electron chi connectivity index (χ2n) is 6.69. The molecular weight excluding hydrogens is 391 g/mol. The minimum atomic E-state index is -4.37. The van der Waals surface area contributed by atoms with Crippen molar-refractivity contribution in [3.63, 3.8) is 0 Å². The number of aryl methyl sites for hydroxylation is 1. The summed E-state index contributed by atoms with van der Waals surface area (Å²) in [7, 11) is 0. The topological polar surface area (TPSA) is 77.6 Å². The average Bonchev–Trinajstić information content (AvgIpc) is 2.73. The second-order valence-corrected chi connectivity index (χ2v) is 6.69. The van der Waals surface area contributed by atoms with Crippen LogP contribution in [0.1, 0.15) is 11.3 Å². The van der Waals surface area contributed by atoms with E-state index in [0.29, 0.717) is 34.2 Å². The number of pyridine rings is 2. The largest absolute Gasteiger partial charge is 0.416 e. The summed E-state index contributed by atoms with van der Waals surface area (Å²) in [5.74, 6) is 0.871. The first kappa shape index (κ1) is 19.5. The number of rotatable bonds is 3. The second kappa shape index (κ2) is 7.55. The predicted octanol–water partition coefficient (Wildman–Crippen LogP) is 5.18. The Balaban J connectivity index is 1.72. The molecule has 150 valence electrons. The third-order valence-corrected chi connectivity index (χ3v) is 4.46. The van der Waals surface area contributed by atoms with Gasteiger partial charge < -0.3 is 5.73 Å². The summed E-state index contributed by atoms with van der Waals surface area (Å²) < 4.78 is 38.5. The smallest absolute Gasteiger partial charge is 0.384 e. The zero-order valence-electron chi connectivity index (χ0n) is 15.9. The Hall–Kier alpha value is -3.81. The Labute approximate surface area is 170 Å². The van der Waals surface area contributed by atoms with E-state index in [4.69, 9.17) is 5.73 Å². The fraction of sp³-hybridized carbons (Fsp3) is 0.0909. The molecule has 0 unspecified atom stereocenters. The number of nitrogens with zero attached hydrogens (tertiary/aromatic N) is 4. The number of nitrogen functional groups attached to an aromatic ring is 1. The average molecular weight is 407 g/mol. The number of hydrogen-bond donors (Lipinski definition) is 1. The molecule has 0 aliphatic carbocycles. The highest BCUT2D eigenvalue weighted by Crippen LogP contribution is 2.32. The molecule has 0 radical (unpaired) electrons. The van der Waals surface area contributed by atoms with Gasteiger partial charge in [-0.2, -0.15) is 13.2 Å². The number of nitrogens with two attached hydrogens (primary N) is 1. The lowest BCUT2D eigenvalue weighted by Gasteiger charge is -2.10. The molecule has 1 aromatic carbocycles. The molecule has 8 heteroatoms. The van der Waals surface area contributed by atoms with E-state index in [1.54, 1.807) is 36.7 Å². The van der Waals surface area contributed by atoms with Crippen LogP contribution < -0.4 is 5.73 Å². The van der Waals surface area contributed by atoms with Crippen LogP contribution in [-0.2, 0) is 6.18 Å². The number of anilines is 1. The zero-order chi connectivity index (χ0) is 21.3. The molecule has 0 fully saturated rings. The molecule has 4 rings (SSSR count). The molecule has 0 atom stereocenters. The normalized spacial score (nSPS) is 11.5. The van der Waals surface area contributed by atoms with Crippen LogP contribution in [0.2, 0.25) is 0 Å². The van der Waals surface area contributed by atoms with Gasteiger partial charge in [0.25, 0.3) is 0 Å². The molecule has 0 saturated carbocycles. The Morgan fingerprint density at radius 2 is 1.50 bits per heavy atom. The van der Waals surface area contributed by atoms with E-state index in [9.17, 15) is 13.2 Å². The summed E-state index contributed by atoms with van der Waals surface area (Å²) in [5, 5.41) is 0. The van der Waals surface area contributed by atoms with E-state index in [-0.39, 0.29) is 0 Å². The van der Waals surface area contributed by atoms with E-state index in [1.165, 1.54) is 12.1 Å². The van der Waals surface area contributed by atoms with E-state index in [2.05, 4.69) is 19.9 Å². The first-order chi connectivity index (χ1) is 14.3. The van der Waals surface area contributed by atoms with Crippen molar-refractivity contribution in [2.45, 2.75) is 13.1 Å². The predicted molar refractivity (Wildman–Crippen MR) is 108 cm³/mol. The first-order valence-electron chi connectivity index (χ1n) is 9.01. The summed E-state index contributed by atoms with van der Waals surface area (Å²) in [6.45, 7) is 1.82. The van der Waals surface area contributed by atoms with Crippen molar-refractivity contribution in [3.05, 3.63) is 78.2 Å². The van der Waals surface area contributed by atoms with Gasteiger partial charge >= 0.3 is 6.18 Å². The Kier molecular flexibility index (Phi) is 4.91. The SMILES string of the molecule is Cc1cc(-c2ccc(C(F)(F)F)cc2)cc(-c2ccnc(-c3ccc(N)nc3)n2)n1. The van der Waals surface area contributed by atoms with Crippen LogP contribution in [0.4, 0.5) is 19.0 Å². The fourth-order valence-electron chi connectivity index (χ4n) is 3.00. The van der Waals surface area contributed by atoms with Crippen LogP contribution in [0.5, 0.6) is 0 Å². The number of halogens is 3. The molecule has 3 heterocycles. The van der Waals surface area contributed by atoms with Crippen molar-refractivity contribution >= 4 is 5.82 Å². The van der Waals surface area contributed by atoms with E-state index in [0.717, 1.165) is 23.4 Å². The lowest BCUT2D eigenvalue weighted by Crippen LogP contribution is -2.04. The number of alkyl halides is 3. The summed E-state index contributed by atoms with van der Waals surface area (Å²) >= 11 is 0. The van der Waals surface area contributed by atoms with Crippen LogP contribution in [-0.4, -0.2) is 19.9 Å². The van der Waals surface area contributed by atoms with Gasteiger partial charge in [-0.15, -0.1) is 0 Å². The molecule has 0 saturated heterocycles. The van der Waals surface area contributed by atoms with Gasteiger partial charge in [0.05, 0.1) is 17.0 Å². The van der Waals surface area contributed by atoms with Gasteiger partial charge in [-0.3, -0.25) is 4.98 Å². The summed E-state index contributed by atoms with van der Waals surface area (Å²) in [6, 6.07) is 13.8. The molecule has 2 N–H and O–H groups in total. The van der Waals surface area contributed by atoms with Crippen molar-refractivity contribution in [1.29, 1.82) is 0 Å². The van der Waals surface area contributed by atoms with Gasteiger partial charge in [0, 0.05) is 23.7 Å². The summed E-state index contributed by atoms with van der Waals surface area (Å²) in [6.07, 6.45) is -1.16. The quantitative estimate of drug-likeness (QED) is 0.507. The maximum Gasteiger partial charge on any atom is 0.416 e. The molecule has 30 heavy (non-hydrogen) atoms.